The Morgan fingerprint density at radius 3 is 2.33 bits per heavy atom. The normalized spacial score (nSPS) is 43.7. The lowest BCUT2D eigenvalue weighted by atomic mass is 10.2. The Bertz CT molecular complexity index is 95.0. The van der Waals surface area contributed by atoms with Crippen LogP contribution in [0, 0.1) is 0 Å². The molecule has 0 unspecified atom stereocenters. The second-order valence-corrected chi connectivity index (χ2v) is 2.11. The summed E-state index contributed by atoms with van der Waals surface area (Å²) in [5, 5.41) is 26.1. The molecule has 3 N–H and O–H groups in total. The van der Waals surface area contributed by atoms with Gasteiger partial charge in [0.1, 0.15) is 6.10 Å². The molecule has 1 saturated heterocycles. The third-order valence-corrected chi connectivity index (χ3v) is 1.38. The number of hydrogen-bond acceptors (Lipinski definition) is 4. The van der Waals surface area contributed by atoms with Crippen molar-refractivity contribution < 1.29 is 20.1 Å². The SMILES string of the molecule is OC[C@H]1O[C@H](O)C[C@@H]1O. The van der Waals surface area contributed by atoms with Gasteiger partial charge in [0.2, 0.25) is 0 Å². The molecule has 0 spiro atoms. The van der Waals surface area contributed by atoms with Crippen molar-refractivity contribution in [2.45, 2.75) is 24.9 Å². The standard InChI is InChI=1S/C5H10O4/c6-2-4-3(7)1-5(8)9-4/h3-8H,1-2H2/t3-,4+,5-/m0/s1. The van der Waals surface area contributed by atoms with Crippen LogP contribution in [-0.4, -0.2) is 40.4 Å². The average Bonchev–Trinajstić information content (AvgIpc) is 2.10. The molecule has 0 saturated carbocycles. The topological polar surface area (TPSA) is 69.9 Å². The molecule has 0 amide bonds. The molecule has 0 aromatic rings. The molecule has 0 aromatic carbocycles. The largest absolute Gasteiger partial charge is 0.394 e. The summed E-state index contributed by atoms with van der Waals surface area (Å²) in [6.07, 6.45) is -2.02. The molecular weight excluding hydrogens is 124 g/mol. The highest BCUT2D eigenvalue weighted by atomic mass is 16.6. The van der Waals surface area contributed by atoms with Gasteiger partial charge in [-0.15, -0.1) is 0 Å². The zero-order valence-corrected chi connectivity index (χ0v) is 4.90. The summed E-state index contributed by atoms with van der Waals surface area (Å²) in [5.41, 5.74) is 0. The van der Waals surface area contributed by atoms with Crippen LogP contribution in [0.5, 0.6) is 0 Å². The molecule has 1 aliphatic rings. The third-order valence-electron chi connectivity index (χ3n) is 1.38. The van der Waals surface area contributed by atoms with Crippen LogP contribution in [0.3, 0.4) is 0 Å². The van der Waals surface area contributed by atoms with Crippen molar-refractivity contribution in [2.24, 2.45) is 0 Å². The van der Waals surface area contributed by atoms with E-state index in [1.165, 1.54) is 0 Å². The van der Waals surface area contributed by atoms with Gasteiger partial charge in [-0.2, -0.15) is 0 Å². The molecule has 1 aliphatic heterocycles. The summed E-state index contributed by atoms with van der Waals surface area (Å²) in [6, 6.07) is 0. The highest BCUT2D eigenvalue weighted by Gasteiger charge is 2.31. The minimum Gasteiger partial charge on any atom is -0.394 e. The van der Waals surface area contributed by atoms with E-state index in [-0.39, 0.29) is 13.0 Å². The first-order chi connectivity index (χ1) is 4.24. The highest BCUT2D eigenvalue weighted by Crippen LogP contribution is 2.17. The third kappa shape index (κ3) is 1.40. The Labute approximate surface area is 52.7 Å². The Balaban J connectivity index is 2.38. The van der Waals surface area contributed by atoms with E-state index in [0.29, 0.717) is 0 Å². The molecule has 1 heterocycles. The summed E-state index contributed by atoms with van der Waals surface area (Å²) in [4.78, 5) is 0. The van der Waals surface area contributed by atoms with E-state index in [2.05, 4.69) is 4.74 Å². The summed E-state index contributed by atoms with van der Waals surface area (Å²) < 4.78 is 4.68. The first kappa shape index (κ1) is 6.95. The van der Waals surface area contributed by atoms with Gasteiger partial charge < -0.3 is 20.1 Å². The van der Waals surface area contributed by atoms with Crippen molar-refractivity contribution >= 4 is 0 Å². The zero-order valence-electron chi connectivity index (χ0n) is 4.90. The Morgan fingerprint density at radius 2 is 2.11 bits per heavy atom. The summed E-state index contributed by atoms with van der Waals surface area (Å²) in [7, 11) is 0. The predicted octanol–water partition coefficient (Wildman–Crippen LogP) is -1.55. The lowest BCUT2D eigenvalue weighted by Crippen LogP contribution is -2.24. The molecule has 0 radical (unpaired) electrons. The quantitative estimate of drug-likeness (QED) is 0.406. The van der Waals surface area contributed by atoms with Crippen molar-refractivity contribution in [3.63, 3.8) is 0 Å². The zero-order chi connectivity index (χ0) is 6.85. The van der Waals surface area contributed by atoms with Gasteiger partial charge in [0.15, 0.2) is 6.29 Å². The van der Waals surface area contributed by atoms with Gasteiger partial charge in [0.05, 0.1) is 12.7 Å². The smallest absolute Gasteiger partial charge is 0.157 e. The number of ether oxygens (including phenoxy) is 1. The van der Waals surface area contributed by atoms with Crippen molar-refractivity contribution in [1.82, 2.24) is 0 Å². The van der Waals surface area contributed by atoms with Crippen LogP contribution in [0.15, 0.2) is 0 Å². The van der Waals surface area contributed by atoms with Crippen LogP contribution >= 0.6 is 0 Å². The average molecular weight is 134 g/mol. The van der Waals surface area contributed by atoms with Crippen molar-refractivity contribution in [3.05, 3.63) is 0 Å². The molecule has 1 fully saturated rings. The van der Waals surface area contributed by atoms with Gasteiger partial charge in [0.25, 0.3) is 0 Å². The molecule has 0 aromatic heterocycles. The monoisotopic (exact) mass is 134 g/mol. The van der Waals surface area contributed by atoms with Gasteiger partial charge in [-0.3, -0.25) is 0 Å². The van der Waals surface area contributed by atoms with Gasteiger partial charge in [-0.05, 0) is 0 Å². The van der Waals surface area contributed by atoms with E-state index < -0.39 is 18.5 Å². The number of hydrogen-bond donors (Lipinski definition) is 3. The fraction of sp³-hybridized carbons (Fsp3) is 1.00. The highest BCUT2D eigenvalue weighted by molar-refractivity contribution is 4.75. The van der Waals surface area contributed by atoms with Crippen LogP contribution in [0.1, 0.15) is 6.42 Å². The fourth-order valence-electron chi connectivity index (χ4n) is 0.871. The van der Waals surface area contributed by atoms with Gasteiger partial charge in [-0.1, -0.05) is 0 Å². The molecule has 3 atom stereocenters. The van der Waals surface area contributed by atoms with Gasteiger partial charge in [0, 0.05) is 6.42 Å². The van der Waals surface area contributed by atoms with Crippen LogP contribution in [-0.2, 0) is 4.74 Å². The van der Waals surface area contributed by atoms with E-state index in [1.807, 2.05) is 0 Å². The Morgan fingerprint density at radius 1 is 1.44 bits per heavy atom. The second-order valence-electron chi connectivity index (χ2n) is 2.11. The van der Waals surface area contributed by atoms with Gasteiger partial charge >= 0.3 is 0 Å². The fourth-order valence-corrected chi connectivity index (χ4v) is 0.871. The lowest BCUT2D eigenvalue weighted by molar-refractivity contribution is -0.107. The van der Waals surface area contributed by atoms with E-state index >= 15 is 0 Å². The minimum absolute atomic E-state index is 0.200. The van der Waals surface area contributed by atoms with E-state index in [1.54, 1.807) is 0 Å². The minimum atomic E-state index is -0.905. The maximum Gasteiger partial charge on any atom is 0.157 e. The lowest BCUT2D eigenvalue weighted by Gasteiger charge is -2.08. The van der Waals surface area contributed by atoms with Crippen molar-refractivity contribution in [2.75, 3.05) is 6.61 Å². The number of aliphatic hydroxyl groups is 3. The molecule has 0 aliphatic carbocycles. The predicted molar refractivity (Wildman–Crippen MR) is 28.6 cm³/mol. The molecular formula is C5H10O4. The molecule has 54 valence electrons. The van der Waals surface area contributed by atoms with Crippen LogP contribution in [0.4, 0.5) is 0 Å². The molecule has 1 rings (SSSR count). The molecule has 9 heavy (non-hydrogen) atoms. The van der Waals surface area contributed by atoms with Crippen LogP contribution < -0.4 is 0 Å². The summed E-state index contributed by atoms with van der Waals surface area (Å²) in [5.74, 6) is 0. The Kier molecular flexibility index (Phi) is 2.02. The maximum atomic E-state index is 8.91. The van der Waals surface area contributed by atoms with Crippen molar-refractivity contribution in [3.8, 4) is 0 Å². The second kappa shape index (κ2) is 2.62. The number of aliphatic hydroxyl groups excluding tert-OH is 3. The van der Waals surface area contributed by atoms with Crippen LogP contribution in [0.25, 0.3) is 0 Å². The molecule has 4 heteroatoms. The van der Waals surface area contributed by atoms with E-state index in [9.17, 15) is 0 Å². The summed E-state index contributed by atoms with van der Waals surface area (Å²) in [6.45, 7) is -0.238. The maximum absolute atomic E-state index is 8.91. The van der Waals surface area contributed by atoms with Gasteiger partial charge in [-0.25, -0.2) is 0 Å². The van der Waals surface area contributed by atoms with Crippen LogP contribution in [0.2, 0.25) is 0 Å². The van der Waals surface area contributed by atoms with E-state index in [4.69, 9.17) is 15.3 Å². The first-order valence-corrected chi connectivity index (χ1v) is 2.86. The van der Waals surface area contributed by atoms with Crippen molar-refractivity contribution in [1.29, 1.82) is 0 Å². The number of rotatable bonds is 1. The molecule has 0 bridgehead atoms. The Hall–Kier alpha value is -0.160. The summed E-state index contributed by atoms with van der Waals surface area (Å²) >= 11 is 0. The molecule has 4 nitrogen and oxygen atoms in total. The first-order valence-electron chi connectivity index (χ1n) is 2.86. The van der Waals surface area contributed by atoms with E-state index in [0.717, 1.165) is 0 Å².